The molecule has 2 amide bonds. The standard InChI is InChI=1S/C33H38N6O6S/c1-4-24-20-39-10-11-46(43,44)38(3)29-15-25(14-27(24)31(29)39)33(42)37-28(13-22-8-6-5-7-9-22)30(45-21-40)19-36-17-23-12-26(18-35-16-23)32(41)34-2/h5-9,12,14-16,18,20-21,28,30,36H,4,10-11,13,17,19H2,1-3H3,(H,34,41)(H,37,42)/t28-,30+/m0/s1. The molecule has 2 aromatic heterocycles. The highest BCUT2D eigenvalue weighted by atomic mass is 32.2. The molecule has 0 fully saturated rings. The molecule has 0 saturated carbocycles. The second-order valence-electron chi connectivity index (χ2n) is 11.2. The van der Waals surface area contributed by atoms with Crippen molar-refractivity contribution in [3.8, 4) is 0 Å². The Kier molecular flexibility index (Phi) is 10.0. The Balaban J connectivity index is 1.43. The number of nitrogens with zero attached hydrogens (tertiary/aromatic N) is 3. The number of amides is 2. The summed E-state index contributed by atoms with van der Waals surface area (Å²) in [5.74, 6) is -0.724. The molecule has 0 spiro atoms. The Hall–Kier alpha value is -4.75. The van der Waals surface area contributed by atoms with Gasteiger partial charge in [0.15, 0.2) is 0 Å². The molecule has 242 valence electrons. The van der Waals surface area contributed by atoms with Crippen LogP contribution in [0.2, 0.25) is 0 Å². The van der Waals surface area contributed by atoms with Gasteiger partial charge in [-0.05, 0) is 47.7 Å². The van der Waals surface area contributed by atoms with E-state index in [1.54, 1.807) is 31.4 Å². The van der Waals surface area contributed by atoms with Crippen molar-refractivity contribution in [3.05, 3.63) is 94.9 Å². The van der Waals surface area contributed by atoms with Gasteiger partial charge >= 0.3 is 0 Å². The number of hydrogen-bond donors (Lipinski definition) is 3. The molecule has 5 rings (SSSR count). The van der Waals surface area contributed by atoms with E-state index in [0.29, 0.717) is 49.2 Å². The number of hydrogen-bond acceptors (Lipinski definition) is 8. The van der Waals surface area contributed by atoms with E-state index in [2.05, 4.69) is 20.9 Å². The highest BCUT2D eigenvalue weighted by Crippen LogP contribution is 2.35. The van der Waals surface area contributed by atoms with E-state index in [1.807, 2.05) is 48.0 Å². The van der Waals surface area contributed by atoms with E-state index >= 15 is 0 Å². The van der Waals surface area contributed by atoms with Crippen LogP contribution in [0.4, 0.5) is 5.69 Å². The normalized spacial score (nSPS) is 15.1. The van der Waals surface area contributed by atoms with Crippen molar-refractivity contribution in [1.29, 1.82) is 0 Å². The second kappa shape index (κ2) is 14.1. The summed E-state index contributed by atoms with van der Waals surface area (Å²) in [5, 5.41) is 9.73. The Morgan fingerprint density at radius 1 is 1.07 bits per heavy atom. The predicted octanol–water partition coefficient (Wildman–Crippen LogP) is 2.41. The maximum absolute atomic E-state index is 14.0. The van der Waals surface area contributed by atoms with Crippen molar-refractivity contribution < 1.29 is 27.5 Å². The fraction of sp³-hybridized carbons (Fsp3) is 0.333. The van der Waals surface area contributed by atoms with Crippen LogP contribution < -0.4 is 20.3 Å². The number of sulfonamides is 1. The minimum Gasteiger partial charge on any atom is -0.461 e. The van der Waals surface area contributed by atoms with E-state index in [-0.39, 0.29) is 18.2 Å². The fourth-order valence-electron chi connectivity index (χ4n) is 5.78. The van der Waals surface area contributed by atoms with Crippen LogP contribution >= 0.6 is 0 Å². The Bertz CT molecular complexity index is 1840. The van der Waals surface area contributed by atoms with E-state index < -0.39 is 28.1 Å². The van der Waals surface area contributed by atoms with Gasteiger partial charge in [0.2, 0.25) is 10.0 Å². The molecule has 0 aliphatic carbocycles. The molecule has 46 heavy (non-hydrogen) atoms. The van der Waals surface area contributed by atoms with Gasteiger partial charge in [-0.25, -0.2) is 8.42 Å². The molecule has 2 aromatic carbocycles. The zero-order chi connectivity index (χ0) is 32.8. The monoisotopic (exact) mass is 646 g/mol. The minimum atomic E-state index is -3.58. The van der Waals surface area contributed by atoms with Crippen molar-refractivity contribution in [2.24, 2.45) is 0 Å². The van der Waals surface area contributed by atoms with Crippen LogP contribution in [-0.2, 0) is 45.5 Å². The number of nitrogens with one attached hydrogen (secondary N) is 3. The lowest BCUT2D eigenvalue weighted by atomic mass is 9.99. The molecule has 4 aromatic rings. The number of carbonyl (C=O) groups is 3. The molecular formula is C33H38N6O6S. The molecule has 0 bridgehead atoms. The first-order valence-electron chi connectivity index (χ1n) is 15.1. The first-order chi connectivity index (χ1) is 22.1. The number of aromatic nitrogens is 2. The van der Waals surface area contributed by atoms with Crippen molar-refractivity contribution in [2.45, 2.75) is 45.0 Å². The fourth-order valence-corrected chi connectivity index (χ4v) is 6.92. The maximum atomic E-state index is 14.0. The number of carbonyl (C=O) groups excluding carboxylic acids is 3. The van der Waals surface area contributed by atoms with E-state index in [9.17, 15) is 22.8 Å². The summed E-state index contributed by atoms with van der Waals surface area (Å²) in [4.78, 5) is 41.8. The Morgan fingerprint density at radius 3 is 2.57 bits per heavy atom. The summed E-state index contributed by atoms with van der Waals surface area (Å²) in [7, 11) is -0.526. The summed E-state index contributed by atoms with van der Waals surface area (Å²) in [6, 6.07) is 14.0. The topological polar surface area (TPSA) is 152 Å². The van der Waals surface area contributed by atoms with Crippen LogP contribution in [0.5, 0.6) is 0 Å². The van der Waals surface area contributed by atoms with Crippen LogP contribution in [0.15, 0.2) is 67.1 Å². The van der Waals surface area contributed by atoms with E-state index in [4.69, 9.17) is 4.74 Å². The summed E-state index contributed by atoms with van der Waals surface area (Å²) < 4.78 is 34.7. The predicted molar refractivity (Wildman–Crippen MR) is 175 cm³/mol. The molecule has 0 saturated heterocycles. The summed E-state index contributed by atoms with van der Waals surface area (Å²) in [6.07, 6.45) is 5.38. The number of pyridine rings is 1. The van der Waals surface area contributed by atoms with Crippen LogP contribution in [0.1, 0.15) is 44.3 Å². The molecule has 1 aliphatic rings. The number of aryl methyl sites for hydroxylation is 2. The molecule has 13 heteroatoms. The van der Waals surface area contributed by atoms with Crippen molar-refractivity contribution in [3.63, 3.8) is 0 Å². The summed E-state index contributed by atoms with van der Waals surface area (Å²) in [6.45, 7) is 3.23. The Labute approximate surface area is 268 Å². The molecule has 1 aliphatic heterocycles. The third kappa shape index (κ3) is 7.05. The summed E-state index contributed by atoms with van der Waals surface area (Å²) in [5.41, 5.74) is 4.63. The highest BCUT2D eigenvalue weighted by molar-refractivity contribution is 7.92. The quantitative estimate of drug-likeness (QED) is 0.187. The highest BCUT2D eigenvalue weighted by Gasteiger charge is 2.30. The average Bonchev–Trinajstić information content (AvgIpc) is 3.39. The molecule has 3 N–H and O–H groups in total. The van der Waals surface area contributed by atoms with Gasteiger partial charge in [-0.1, -0.05) is 37.3 Å². The molecule has 0 unspecified atom stereocenters. The first-order valence-corrected chi connectivity index (χ1v) is 16.7. The number of rotatable bonds is 13. The molecule has 2 atom stereocenters. The average molecular weight is 647 g/mol. The van der Waals surface area contributed by atoms with Gasteiger partial charge in [0.1, 0.15) is 6.10 Å². The van der Waals surface area contributed by atoms with Gasteiger partial charge in [0, 0.05) is 63.3 Å². The third-order valence-corrected chi connectivity index (χ3v) is 10.0. The largest absolute Gasteiger partial charge is 0.461 e. The zero-order valence-corrected chi connectivity index (χ0v) is 26.8. The first kappa shape index (κ1) is 32.6. The third-order valence-electron chi connectivity index (χ3n) is 8.28. The van der Waals surface area contributed by atoms with Gasteiger partial charge in [0.05, 0.1) is 28.6 Å². The number of ether oxygens (including phenoxy) is 1. The van der Waals surface area contributed by atoms with Crippen LogP contribution in [-0.4, -0.2) is 74.8 Å². The van der Waals surface area contributed by atoms with Gasteiger partial charge in [0.25, 0.3) is 18.3 Å². The van der Waals surface area contributed by atoms with Gasteiger partial charge in [-0.15, -0.1) is 0 Å². The lowest BCUT2D eigenvalue weighted by molar-refractivity contribution is -0.134. The van der Waals surface area contributed by atoms with E-state index in [0.717, 1.165) is 27.6 Å². The number of benzene rings is 2. The van der Waals surface area contributed by atoms with Gasteiger partial charge in [-0.2, -0.15) is 0 Å². The number of anilines is 1. The molecule has 0 radical (unpaired) electrons. The lowest BCUT2D eigenvalue weighted by Gasteiger charge is -2.27. The van der Waals surface area contributed by atoms with Crippen molar-refractivity contribution >= 4 is 44.9 Å². The van der Waals surface area contributed by atoms with Crippen molar-refractivity contribution in [2.75, 3.05) is 30.7 Å². The van der Waals surface area contributed by atoms with Gasteiger partial charge < -0.3 is 25.3 Å². The second-order valence-corrected chi connectivity index (χ2v) is 13.3. The zero-order valence-electron chi connectivity index (χ0n) is 26.0. The smallest absolute Gasteiger partial charge is 0.293 e. The van der Waals surface area contributed by atoms with Crippen LogP contribution in [0.25, 0.3) is 10.9 Å². The van der Waals surface area contributed by atoms with Crippen LogP contribution in [0, 0.1) is 0 Å². The summed E-state index contributed by atoms with van der Waals surface area (Å²) >= 11 is 0. The molecule has 12 nitrogen and oxygen atoms in total. The maximum Gasteiger partial charge on any atom is 0.293 e. The SMILES string of the molecule is CCc1cn2c3c(cc(C(=O)N[C@@H](Cc4ccccc4)[C@@H](CNCc4cncc(C(=O)NC)c4)OC=O)cc13)N(C)S(=O)(=O)CC2. The lowest BCUT2D eigenvalue weighted by Crippen LogP contribution is -2.50. The molecular weight excluding hydrogens is 608 g/mol. The van der Waals surface area contributed by atoms with E-state index in [1.165, 1.54) is 17.5 Å². The van der Waals surface area contributed by atoms with Gasteiger partial charge in [-0.3, -0.25) is 23.7 Å². The minimum absolute atomic E-state index is 0.0460. The van der Waals surface area contributed by atoms with Crippen LogP contribution in [0.3, 0.4) is 0 Å². The molecule has 3 heterocycles. The van der Waals surface area contributed by atoms with Crippen molar-refractivity contribution in [1.82, 2.24) is 25.5 Å². The Morgan fingerprint density at radius 2 is 1.85 bits per heavy atom.